The van der Waals surface area contributed by atoms with E-state index < -0.39 is 5.97 Å². The molecule has 0 aliphatic carbocycles. The highest BCUT2D eigenvalue weighted by Gasteiger charge is 2.19. The van der Waals surface area contributed by atoms with Crippen molar-refractivity contribution in [3.63, 3.8) is 0 Å². The minimum atomic E-state index is -1.14. The third-order valence-corrected chi connectivity index (χ3v) is 3.32. The fourth-order valence-electron chi connectivity index (χ4n) is 1.95. The van der Waals surface area contributed by atoms with Crippen molar-refractivity contribution in [3.05, 3.63) is 28.8 Å². The molecular formula is C14H19ClN2O4. The van der Waals surface area contributed by atoms with Crippen LogP contribution in [0.5, 0.6) is 0 Å². The molecule has 0 aliphatic rings. The van der Waals surface area contributed by atoms with Crippen molar-refractivity contribution in [2.24, 2.45) is 0 Å². The maximum Gasteiger partial charge on any atom is 0.337 e. The Labute approximate surface area is 128 Å². The zero-order valence-corrected chi connectivity index (χ0v) is 13.0. The number of methoxy groups -OCH3 is 1. The number of likely N-dealkylation sites (N-methyl/N-ethyl adjacent to an activating group) is 1. The van der Waals surface area contributed by atoms with E-state index in [0.717, 1.165) is 0 Å². The average Bonchev–Trinajstić information content (AvgIpc) is 2.41. The molecule has 7 heteroatoms. The van der Waals surface area contributed by atoms with Crippen molar-refractivity contribution in [1.82, 2.24) is 4.90 Å². The van der Waals surface area contributed by atoms with E-state index in [1.807, 2.05) is 13.8 Å². The lowest BCUT2D eigenvalue weighted by molar-refractivity contribution is 0.0697. The molecule has 2 N–H and O–H groups in total. The molecule has 0 bridgehead atoms. The van der Waals surface area contributed by atoms with Crippen molar-refractivity contribution in [3.8, 4) is 0 Å². The number of amides is 2. The molecule has 6 nitrogen and oxygen atoms in total. The first kappa shape index (κ1) is 17.3. The van der Waals surface area contributed by atoms with Gasteiger partial charge in [0.1, 0.15) is 0 Å². The van der Waals surface area contributed by atoms with Crippen LogP contribution in [0.2, 0.25) is 5.02 Å². The second-order valence-corrected chi connectivity index (χ2v) is 4.93. The lowest BCUT2D eigenvalue weighted by atomic mass is 10.2. The summed E-state index contributed by atoms with van der Waals surface area (Å²) in [4.78, 5) is 24.8. The standard InChI is InChI=1S/C14H19ClN2O4/c1-4-17(9(2)8-21-3)14(20)16-10-5-6-12(15)11(7-10)13(18)19/h5-7,9H,4,8H2,1-3H3,(H,16,20)(H,18,19). The number of benzene rings is 1. The minimum absolute atomic E-state index is 0.0533. The molecule has 1 rings (SSSR count). The summed E-state index contributed by atoms with van der Waals surface area (Å²) >= 11 is 5.79. The number of anilines is 1. The summed E-state index contributed by atoms with van der Waals surface area (Å²) in [7, 11) is 1.57. The van der Waals surface area contributed by atoms with Crippen LogP contribution in [0.15, 0.2) is 18.2 Å². The molecule has 1 aromatic rings. The second kappa shape index (κ2) is 7.85. The number of hydrogen-bond acceptors (Lipinski definition) is 3. The fourth-order valence-corrected chi connectivity index (χ4v) is 2.15. The quantitative estimate of drug-likeness (QED) is 0.846. The van der Waals surface area contributed by atoms with Crippen LogP contribution in [-0.4, -0.2) is 48.3 Å². The highest BCUT2D eigenvalue weighted by Crippen LogP contribution is 2.21. The highest BCUT2D eigenvalue weighted by atomic mass is 35.5. The minimum Gasteiger partial charge on any atom is -0.478 e. The summed E-state index contributed by atoms with van der Waals surface area (Å²) < 4.78 is 5.04. The van der Waals surface area contributed by atoms with Gasteiger partial charge in [-0.1, -0.05) is 11.6 Å². The number of nitrogens with one attached hydrogen (secondary N) is 1. The smallest absolute Gasteiger partial charge is 0.337 e. The van der Waals surface area contributed by atoms with Crippen LogP contribution in [0.25, 0.3) is 0 Å². The number of halogens is 1. The summed E-state index contributed by atoms with van der Waals surface area (Å²) in [6.07, 6.45) is 0. The van der Waals surface area contributed by atoms with Crippen molar-refractivity contribution in [2.75, 3.05) is 25.6 Å². The SMILES string of the molecule is CCN(C(=O)Nc1ccc(Cl)c(C(=O)O)c1)C(C)COC. The summed E-state index contributed by atoms with van der Waals surface area (Å²) in [6, 6.07) is 3.92. The predicted molar refractivity (Wildman–Crippen MR) is 81.1 cm³/mol. The Hall–Kier alpha value is -1.79. The normalized spacial score (nSPS) is 11.8. The number of urea groups is 1. The van der Waals surface area contributed by atoms with Gasteiger partial charge in [0.05, 0.1) is 23.2 Å². The maximum absolute atomic E-state index is 12.2. The summed E-state index contributed by atoms with van der Waals surface area (Å²) in [5.41, 5.74) is 0.326. The molecule has 1 atom stereocenters. The number of carboxylic acid groups (broad SMARTS) is 1. The van der Waals surface area contributed by atoms with Crippen LogP contribution in [0.1, 0.15) is 24.2 Å². The van der Waals surface area contributed by atoms with E-state index >= 15 is 0 Å². The third kappa shape index (κ3) is 4.61. The van der Waals surface area contributed by atoms with Gasteiger partial charge < -0.3 is 20.1 Å². The number of aromatic carboxylic acids is 1. The number of carbonyl (C=O) groups excluding carboxylic acids is 1. The van der Waals surface area contributed by atoms with Gasteiger partial charge in [0.15, 0.2) is 0 Å². The maximum atomic E-state index is 12.2. The van der Waals surface area contributed by atoms with Crippen LogP contribution in [0.4, 0.5) is 10.5 Å². The number of hydrogen-bond donors (Lipinski definition) is 2. The van der Waals surface area contributed by atoms with Crippen molar-refractivity contribution in [1.29, 1.82) is 0 Å². The predicted octanol–water partition coefficient (Wildman–Crippen LogP) is 2.93. The molecule has 0 aliphatic heterocycles. The molecule has 0 radical (unpaired) electrons. The van der Waals surface area contributed by atoms with Gasteiger partial charge in [-0.15, -0.1) is 0 Å². The first-order valence-electron chi connectivity index (χ1n) is 6.50. The van der Waals surface area contributed by atoms with Crippen LogP contribution >= 0.6 is 11.6 Å². The topological polar surface area (TPSA) is 78.9 Å². The van der Waals surface area contributed by atoms with Crippen LogP contribution in [-0.2, 0) is 4.74 Å². The third-order valence-electron chi connectivity index (χ3n) is 2.99. The highest BCUT2D eigenvalue weighted by molar-refractivity contribution is 6.33. The average molecular weight is 315 g/mol. The van der Waals surface area contributed by atoms with Crippen LogP contribution in [0, 0.1) is 0 Å². The molecule has 1 unspecified atom stereocenters. The van der Waals surface area contributed by atoms with E-state index in [1.54, 1.807) is 18.1 Å². The van der Waals surface area contributed by atoms with Gasteiger partial charge >= 0.3 is 12.0 Å². The summed E-state index contributed by atoms with van der Waals surface area (Å²) in [5, 5.41) is 11.8. The second-order valence-electron chi connectivity index (χ2n) is 4.52. The Kier molecular flexibility index (Phi) is 6.45. The molecule has 21 heavy (non-hydrogen) atoms. The Balaban J connectivity index is 2.87. The van der Waals surface area contributed by atoms with Crippen LogP contribution in [0.3, 0.4) is 0 Å². The van der Waals surface area contributed by atoms with Crippen molar-refractivity contribution in [2.45, 2.75) is 19.9 Å². The lowest BCUT2D eigenvalue weighted by Crippen LogP contribution is -2.43. The van der Waals surface area contributed by atoms with Gasteiger partial charge in [0, 0.05) is 19.3 Å². The molecule has 0 fully saturated rings. The monoisotopic (exact) mass is 314 g/mol. The van der Waals surface area contributed by atoms with E-state index in [-0.39, 0.29) is 22.7 Å². The molecule has 0 aromatic heterocycles. The zero-order valence-electron chi connectivity index (χ0n) is 12.2. The molecule has 0 spiro atoms. The molecule has 0 heterocycles. The molecule has 0 saturated heterocycles. The van der Waals surface area contributed by atoms with E-state index in [1.165, 1.54) is 12.1 Å². The number of carbonyl (C=O) groups is 2. The Morgan fingerprint density at radius 3 is 2.67 bits per heavy atom. The number of ether oxygens (including phenoxy) is 1. The fraction of sp³-hybridized carbons (Fsp3) is 0.429. The van der Waals surface area contributed by atoms with Gasteiger partial charge in [-0.2, -0.15) is 0 Å². The van der Waals surface area contributed by atoms with E-state index in [4.69, 9.17) is 21.4 Å². The summed E-state index contributed by atoms with van der Waals surface area (Å²) in [5.74, 6) is -1.14. The number of rotatable bonds is 6. The van der Waals surface area contributed by atoms with Gasteiger partial charge in [-0.05, 0) is 32.0 Å². The number of nitrogens with zero attached hydrogens (tertiary/aromatic N) is 1. The largest absolute Gasteiger partial charge is 0.478 e. The van der Waals surface area contributed by atoms with E-state index in [2.05, 4.69) is 5.32 Å². The zero-order chi connectivity index (χ0) is 16.0. The molecule has 2 amide bonds. The molecule has 1 aromatic carbocycles. The summed E-state index contributed by atoms with van der Waals surface area (Å²) in [6.45, 7) is 4.66. The number of carboxylic acids is 1. The first-order valence-corrected chi connectivity index (χ1v) is 6.87. The first-order chi connectivity index (χ1) is 9.90. The Morgan fingerprint density at radius 2 is 2.14 bits per heavy atom. The van der Waals surface area contributed by atoms with Gasteiger partial charge in [0.25, 0.3) is 0 Å². The van der Waals surface area contributed by atoms with Gasteiger partial charge in [-0.3, -0.25) is 0 Å². The van der Waals surface area contributed by atoms with Crippen LogP contribution < -0.4 is 5.32 Å². The van der Waals surface area contributed by atoms with Crippen molar-refractivity contribution >= 4 is 29.3 Å². The van der Waals surface area contributed by atoms with E-state index in [0.29, 0.717) is 18.8 Å². The van der Waals surface area contributed by atoms with Gasteiger partial charge in [0.2, 0.25) is 0 Å². The Bertz CT molecular complexity index is 522. The van der Waals surface area contributed by atoms with Gasteiger partial charge in [-0.25, -0.2) is 9.59 Å². The Morgan fingerprint density at radius 1 is 1.48 bits per heavy atom. The van der Waals surface area contributed by atoms with Crippen molar-refractivity contribution < 1.29 is 19.4 Å². The lowest BCUT2D eigenvalue weighted by Gasteiger charge is -2.27. The molecule has 116 valence electrons. The molecular weight excluding hydrogens is 296 g/mol. The molecule has 0 saturated carbocycles. The van der Waals surface area contributed by atoms with E-state index in [9.17, 15) is 9.59 Å².